The van der Waals surface area contributed by atoms with E-state index in [1.165, 1.54) is 0 Å². The summed E-state index contributed by atoms with van der Waals surface area (Å²) in [5.74, 6) is -0.126. The standard InChI is InChI=1S/C31H18N5O5/c32-31(39)36-22-14-13-16(15-18(22)26(30(36)38)28-34-20-9-3-6-12-24(20)41-28)35-21-10-4-1-7-17(21)25(29(35)37)27-33-19-8-2-5-11-23(19)40-27/h2-15,37-38H,(H2,32,39). The molecule has 4 aromatic heterocycles. The summed E-state index contributed by atoms with van der Waals surface area (Å²) in [6, 6.07) is 27.1. The smallest absolute Gasteiger partial charge is 0.326 e. The monoisotopic (exact) mass is 540 g/mol. The summed E-state index contributed by atoms with van der Waals surface area (Å²) in [5, 5.41) is 23.9. The molecular weight excluding hydrogens is 522 g/mol. The van der Waals surface area contributed by atoms with Gasteiger partial charge in [-0.05, 0) is 60.7 Å². The second kappa shape index (κ2) is 8.23. The minimum Gasteiger partial charge on any atom is -0.494 e. The van der Waals surface area contributed by atoms with Crippen molar-refractivity contribution in [3.63, 3.8) is 0 Å². The summed E-state index contributed by atoms with van der Waals surface area (Å²) in [6.45, 7) is 0. The van der Waals surface area contributed by atoms with Gasteiger partial charge in [-0.3, -0.25) is 4.57 Å². The number of aromatic nitrogens is 4. The normalized spacial score (nSPS) is 11.8. The van der Waals surface area contributed by atoms with Crippen molar-refractivity contribution < 1.29 is 23.8 Å². The Morgan fingerprint density at radius 3 is 2.05 bits per heavy atom. The van der Waals surface area contributed by atoms with Crippen LogP contribution in [-0.2, 0) is 0 Å². The van der Waals surface area contributed by atoms with Crippen molar-refractivity contribution in [2.75, 3.05) is 0 Å². The minimum atomic E-state index is -0.870. The van der Waals surface area contributed by atoms with Crippen LogP contribution in [-0.4, -0.2) is 35.3 Å². The predicted octanol–water partition coefficient (Wildman–Crippen LogP) is 6.34. The number of nitrogens with zero attached hydrogens (tertiary/aromatic N) is 4. The Kier molecular flexibility index (Phi) is 4.60. The number of primary amides is 1. The Balaban J connectivity index is 1.40. The molecule has 10 heteroatoms. The van der Waals surface area contributed by atoms with Gasteiger partial charge in [-0.2, -0.15) is 0 Å². The summed E-state index contributed by atoms with van der Waals surface area (Å²) < 4.78 is 14.6. The van der Waals surface area contributed by atoms with Crippen LogP contribution in [0, 0.1) is 6.07 Å². The molecule has 10 nitrogen and oxygen atoms in total. The van der Waals surface area contributed by atoms with Crippen LogP contribution in [0.15, 0.2) is 93.8 Å². The van der Waals surface area contributed by atoms with Gasteiger partial charge in [-0.15, -0.1) is 0 Å². The zero-order chi connectivity index (χ0) is 27.8. The van der Waals surface area contributed by atoms with E-state index in [0.717, 1.165) is 4.57 Å². The lowest BCUT2D eigenvalue weighted by Crippen LogP contribution is -2.18. The van der Waals surface area contributed by atoms with E-state index >= 15 is 0 Å². The fourth-order valence-electron chi connectivity index (χ4n) is 5.43. The van der Waals surface area contributed by atoms with Crippen molar-refractivity contribution in [1.29, 1.82) is 0 Å². The number of hydrogen-bond acceptors (Lipinski definition) is 7. The minimum absolute atomic E-state index is 0.104. The molecule has 0 bridgehead atoms. The lowest BCUT2D eigenvalue weighted by molar-refractivity contribution is 0.248. The maximum absolute atomic E-state index is 12.4. The number of para-hydroxylation sites is 4. The first kappa shape index (κ1) is 22.9. The molecule has 0 atom stereocenters. The van der Waals surface area contributed by atoms with E-state index < -0.39 is 11.9 Å². The Labute approximate surface area is 230 Å². The third kappa shape index (κ3) is 3.21. The second-order valence-electron chi connectivity index (χ2n) is 9.52. The summed E-state index contributed by atoms with van der Waals surface area (Å²) in [5.41, 5.74) is 10.2. The fourth-order valence-corrected chi connectivity index (χ4v) is 5.43. The van der Waals surface area contributed by atoms with E-state index in [1.807, 2.05) is 42.5 Å². The molecule has 0 aliphatic rings. The maximum atomic E-state index is 12.4. The summed E-state index contributed by atoms with van der Waals surface area (Å²) in [6.07, 6.45) is 0. The number of hydrogen-bond donors (Lipinski definition) is 3. The van der Waals surface area contributed by atoms with Crippen molar-refractivity contribution in [2.45, 2.75) is 0 Å². The summed E-state index contributed by atoms with van der Waals surface area (Å²) >= 11 is 0. The predicted molar refractivity (Wildman–Crippen MR) is 152 cm³/mol. The van der Waals surface area contributed by atoms with Crippen LogP contribution in [0.5, 0.6) is 11.8 Å². The number of benzene rings is 4. The van der Waals surface area contributed by atoms with E-state index in [2.05, 4.69) is 16.0 Å². The average molecular weight is 541 g/mol. The number of nitrogens with two attached hydrogens (primary N) is 1. The molecule has 0 fully saturated rings. The van der Waals surface area contributed by atoms with Crippen molar-refractivity contribution in [3.8, 4) is 40.4 Å². The Morgan fingerprint density at radius 1 is 0.780 bits per heavy atom. The van der Waals surface area contributed by atoms with Crippen molar-refractivity contribution in [1.82, 2.24) is 19.1 Å². The zero-order valence-electron chi connectivity index (χ0n) is 21.1. The molecule has 4 heterocycles. The Bertz CT molecular complexity index is 2270. The molecule has 0 aliphatic carbocycles. The fraction of sp³-hybridized carbons (Fsp3) is 0. The quantitative estimate of drug-likeness (QED) is 0.237. The van der Waals surface area contributed by atoms with Crippen LogP contribution in [0.2, 0.25) is 0 Å². The molecule has 197 valence electrons. The number of fused-ring (bicyclic) bond motifs is 4. The molecule has 0 saturated carbocycles. The molecular formula is C31H18N5O5. The molecule has 0 aliphatic heterocycles. The number of carbonyl (C=O) groups excluding carboxylic acids is 1. The van der Waals surface area contributed by atoms with E-state index in [1.54, 1.807) is 47.0 Å². The van der Waals surface area contributed by atoms with Crippen LogP contribution in [0.25, 0.3) is 72.6 Å². The van der Waals surface area contributed by atoms with Crippen molar-refractivity contribution in [3.05, 3.63) is 91.0 Å². The molecule has 4 N–H and O–H groups in total. The molecule has 0 spiro atoms. The van der Waals surface area contributed by atoms with E-state index in [4.69, 9.17) is 14.6 Å². The Morgan fingerprint density at radius 2 is 1.41 bits per heavy atom. The van der Waals surface area contributed by atoms with Crippen LogP contribution in [0.1, 0.15) is 0 Å². The largest absolute Gasteiger partial charge is 0.494 e. The second-order valence-corrected chi connectivity index (χ2v) is 9.52. The van der Waals surface area contributed by atoms with Crippen LogP contribution in [0.4, 0.5) is 4.79 Å². The van der Waals surface area contributed by atoms with Crippen molar-refractivity contribution in [2.24, 2.45) is 5.73 Å². The Hall–Kier alpha value is -6.03. The number of oxazole rings is 2. The molecule has 8 aromatic rings. The molecule has 0 saturated heterocycles. The van der Waals surface area contributed by atoms with E-state index in [9.17, 15) is 15.0 Å². The molecule has 4 aromatic carbocycles. The SMILES string of the molecule is NC(=O)n1c(O)c(-c2nc3ccccc3o2)c2cc(-n3c(O)c(-c4nc5ccccc5o4)c4c[c]ccc43)ccc21. The van der Waals surface area contributed by atoms with Gasteiger partial charge in [0.05, 0.1) is 11.0 Å². The number of aromatic hydroxyl groups is 2. The first-order valence-electron chi connectivity index (χ1n) is 12.6. The first-order chi connectivity index (χ1) is 20.0. The topological polar surface area (TPSA) is 145 Å². The van der Waals surface area contributed by atoms with Gasteiger partial charge in [0.2, 0.25) is 23.5 Å². The van der Waals surface area contributed by atoms with Gasteiger partial charge in [-0.1, -0.05) is 30.3 Å². The van der Waals surface area contributed by atoms with E-state index in [0.29, 0.717) is 55.3 Å². The molecule has 0 unspecified atom stereocenters. The third-order valence-corrected chi connectivity index (χ3v) is 7.21. The third-order valence-electron chi connectivity index (χ3n) is 7.21. The number of rotatable bonds is 3. The summed E-state index contributed by atoms with van der Waals surface area (Å²) in [7, 11) is 0. The highest BCUT2D eigenvalue weighted by Gasteiger charge is 2.27. The van der Waals surface area contributed by atoms with Gasteiger partial charge in [0.1, 0.15) is 22.2 Å². The summed E-state index contributed by atoms with van der Waals surface area (Å²) in [4.78, 5) is 21.5. The average Bonchev–Trinajstić information content (AvgIpc) is 3.71. The van der Waals surface area contributed by atoms with Crippen LogP contribution in [0.3, 0.4) is 0 Å². The van der Waals surface area contributed by atoms with Crippen molar-refractivity contribution >= 4 is 50.0 Å². The molecule has 41 heavy (non-hydrogen) atoms. The highest BCUT2D eigenvalue weighted by Crippen LogP contribution is 2.44. The lowest BCUT2D eigenvalue weighted by Gasteiger charge is -2.08. The lowest BCUT2D eigenvalue weighted by atomic mass is 10.1. The van der Waals surface area contributed by atoms with Gasteiger partial charge < -0.3 is 24.8 Å². The number of amides is 1. The van der Waals surface area contributed by atoms with Gasteiger partial charge in [0.25, 0.3) is 0 Å². The van der Waals surface area contributed by atoms with Gasteiger partial charge in [0.15, 0.2) is 11.2 Å². The highest BCUT2D eigenvalue weighted by atomic mass is 16.4. The zero-order valence-corrected chi connectivity index (χ0v) is 21.1. The first-order valence-corrected chi connectivity index (χ1v) is 12.6. The van der Waals surface area contributed by atoms with Crippen LogP contribution < -0.4 is 5.73 Å². The van der Waals surface area contributed by atoms with Crippen LogP contribution >= 0.6 is 0 Å². The van der Waals surface area contributed by atoms with Gasteiger partial charge in [-0.25, -0.2) is 19.3 Å². The highest BCUT2D eigenvalue weighted by molar-refractivity contribution is 6.06. The van der Waals surface area contributed by atoms with E-state index in [-0.39, 0.29) is 23.2 Å². The van der Waals surface area contributed by atoms with Gasteiger partial charge >= 0.3 is 6.03 Å². The van der Waals surface area contributed by atoms with Gasteiger partial charge in [0, 0.05) is 16.5 Å². The molecule has 1 amide bonds. The maximum Gasteiger partial charge on any atom is 0.326 e. The number of carbonyl (C=O) groups is 1. The molecule has 8 rings (SSSR count). The molecule has 1 radical (unpaired) electrons.